The number of benzene rings is 1. The number of aromatic nitrogens is 1. The molecule has 1 aromatic carbocycles. The van der Waals surface area contributed by atoms with Gasteiger partial charge in [-0.1, -0.05) is 19.1 Å². The van der Waals surface area contributed by atoms with Crippen LogP contribution in [0.2, 0.25) is 0 Å². The third-order valence-electron chi connectivity index (χ3n) is 4.91. The van der Waals surface area contributed by atoms with Crippen molar-refractivity contribution < 1.29 is 19.4 Å². The topological polar surface area (TPSA) is 104 Å². The van der Waals surface area contributed by atoms with Gasteiger partial charge in [0.1, 0.15) is 12.1 Å². The van der Waals surface area contributed by atoms with E-state index >= 15 is 0 Å². The molecule has 168 valence electrons. The van der Waals surface area contributed by atoms with E-state index in [1.54, 1.807) is 20.8 Å². The molecule has 2 atom stereocenters. The molecule has 2 aromatic rings. The molecule has 0 bridgehead atoms. The maximum atomic E-state index is 12.1. The first-order valence-electron chi connectivity index (χ1n) is 10.4. The number of ether oxygens (including phenoxy) is 1. The third-order valence-corrected chi connectivity index (χ3v) is 5.67. The Balaban J connectivity index is 1.58. The first kappa shape index (κ1) is 23.0. The zero-order valence-corrected chi connectivity index (χ0v) is 19.2. The Kier molecular flexibility index (Phi) is 7.17. The highest BCUT2D eigenvalue weighted by molar-refractivity contribution is 7.14. The van der Waals surface area contributed by atoms with Crippen molar-refractivity contribution in [1.82, 2.24) is 10.3 Å². The maximum absolute atomic E-state index is 12.1. The second kappa shape index (κ2) is 9.65. The number of nitrogens with one attached hydrogen (secondary N) is 2. The second-order valence-corrected chi connectivity index (χ2v) is 9.63. The van der Waals surface area contributed by atoms with Gasteiger partial charge in [-0.15, -0.1) is 11.3 Å². The van der Waals surface area contributed by atoms with E-state index in [-0.39, 0.29) is 24.5 Å². The molecule has 2 heterocycles. The Labute approximate surface area is 186 Å². The Morgan fingerprint density at radius 1 is 1.35 bits per heavy atom. The summed E-state index contributed by atoms with van der Waals surface area (Å²) in [6, 6.07) is 8.11. The van der Waals surface area contributed by atoms with Crippen LogP contribution in [0.4, 0.5) is 15.6 Å². The van der Waals surface area contributed by atoms with E-state index in [0.717, 1.165) is 36.5 Å². The van der Waals surface area contributed by atoms with Gasteiger partial charge in [0.25, 0.3) is 0 Å². The molecule has 2 amide bonds. The molecule has 8 nitrogen and oxygen atoms in total. The molecule has 0 aliphatic carbocycles. The zero-order chi connectivity index (χ0) is 22.6. The van der Waals surface area contributed by atoms with Gasteiger partial charge in [-0.05, 0) is 45.2 Å². The van der Waals surface area contributed by atoms with Crippen molar-refractivity contribution in [3.05, 3.63) is 29.6 Å². The number of rotatable bonds is 5. The van der Waals surface area contributed by atoms with E-state index in [2.05, 4.69) is 39.6 Å². The first-order chi connectivity index (χ1) is 14.6. The number of amides is 2. The van der Waals surface area contributed by atoms with Gasteiger partial charge >= 0.3 is 6.09 Å². The van der Waals surface area contributed by atoms with Crippen LogP contribution in [-0.4, -0.2) is 53.4 Å². The molecule has 0 saturated carbocycles. The van der Waals surface area contributed by atoms with E-state index in [1.807, 2.05) is 17.5 Å². The van der Waals surface area contributed by atoms with Crippen LogP contribution in [0.15, 0.2) is 29.6 Å². The van der Waals surface area contributed by atoms with E-state index in [0.29, 0.717) is 5.13 Å². The van der Waals surface area contributed by atoms with Crippen molar-refractivity contribution in [1.29, 1.82) is 0 Å². The standard InChI is InChI=1S/C22H30N4O4S/c1-14-12-26(9-8-18(14)27)16-7-5-6-15(10-16)17-13-31-20(24-17)25-19(28)11-23-21(29)30-22(2,3)4/h5-7,10,13-14,18,27H,8-9,11-12H2,1-4H3,(H,23,29)(H,24,25,28). The number of nitrogens with zero attached hydrogens (tertiary/aromatic N) is 2. The number of piperidine rings is 1. The molecule has 3 N–H and O–H groups in total. The summed E-state index contributed by atoms with van der Waals surface area (Å²) in [6.07, 6.45) is -0.122. The highest BCUT2D eigenvalue weighted by Crippen LogP contribution is 2.30. The van der Waals surface area contributed by atoms with Gasteiger partial charge in [0.15, 0.2) is 5.13 Å². The summed E-state index contributed by atoms with van der Waals surface area (Å²) in [7, 11) is 0. The van der Waals surface area contributed by atoms with Crippen LogP contribution in [-0.2, 0) is 9.53 Å². The molecule has 9 heteroatoms. The number of anilines is 2. The van der Waals surface area contributed by atoms with Crippen molar-refractivity contribution in [2.24, 2.45) is 5.92 Å². The zero-order valence-electron chi connectivity index (χ0n) is 18.3. The molecule has 0 spiro atoms. The number of carbonyl (C=O) groups is 2. The lowest BCUT2D eigenvalue weighted by atomic mass is 9.96. The van der Waals surface area contributed by atoms with Gasteiger partial charge in [-0.2, -0.15) is 0 Å². The molecular weight excluding hydrogens is 416 g/mol. The molecule has 1 aliphatic heterocycles. The summed E-state index contributed by atoms with van der Waals surface area (Å²) in [5.41, 5.74) is 2.20. The van der Waals surface area contributed by atoms with Gasteiger partial charge in [0.05, 0.1) is 11.8 Å². The highest BCUT2D eigenvalue weighted by Gasteiger charge is 2.24. The quantitative estimate of drug-likeness (QED) is 0.650. The van der Waals surface area contributed by atoms with Crippen LogP contribution in [0, 0.1) is 5.92 Å². The molecule has 1 aliphatic rings. The number of aliphatic hydroxyl groups is 1. The SMILES string of the molecule is CC1CN(c2cccc(-c3csc(NC(=O)CNC(=O)OC(C)(C)C)n3)c2)CCC1O. The van der Waals surface area contributed by atoms with E-state index < -0.39 is 11.7 Å². The van der Waals surface area contributed by atoms with Crippen LogP contribution in [0.25, 0.3) is 11.3 Å². The largest absolute Gasteiger partial charge is 0.444 e. The second-order valence-electron chi connectivity index (χ2n) is 8.77. The average Bonchev–Trinajstić information content (AvgIpc) is 3.16. The van der Waals surface area contributed by atoms with Crippen LogP contribution in [0.3, 0.4) is 0 Å². The minimum atomic E-state index is -0.640. The predicted molar refractivity (Wildman–Crippen MR) is 122 cm³/mol. The van der Waals surface area contributed by atoms with Gasteiger partial charge in [-0.25, -0.2) is 9.78 Å². The number of aliphatic hydroxyl groups excluding tert-OH is 1. The van der Waals surface area contributed by atoms with Crippen molar-refractivity contribution in [3.63, 3.8) is 0 Å². The molecule has 1 saturated heterocycles. The smallest absolute Gasteiger partial charge is 0.408 e. The lowest BCUT2D eigenvalue weighted by molar-refractivity contribution is -0.115. The Bertz CT molecular complexity index is 924. The van der Waals surface area contributed by atoms with Crippen molar-refractivity contribution in [2.45, 2.75) is 45.8 Å². The molecule has 2 unspecified atom stereocenters. The van der Waals surface area contributed by atoms with Crippen LogP contribution >= 0.6 is 11.3 Å². The van der Waals surface area contributed by atoms with Gasteiger partial charge in [0.2, 0.25) is 5.91 Å². The minimum absolute atomic E-state index is 0.196. The summed E-state index contributed by atoms with van der Waals surface area (Å²) < 4.78 is 5.11. The van der Waals surface area contributed by atoms with Crippen LogP contribution in [0.5, 0.6) is 0 Å². The van der Waals surface area contributed by atoms with E-state index in [1.165, 1.54) is 11.3 Å². The summed E-state index contributed by atoms with van der Waals surface area (Å²) in [4.78, 5) is 30.5. The number of alkyl carbamates (subject to hydrolysis) is 1. The number of hydrogen-bond acceptors (Lipinski definition) is 7. The predicted octanol–water partition coefficient (Wildman–Crippen LogP) is 3.48. The lowest BCUT2D eigenvalue weighted by Crippen LogP contribution is -2.41. The molecule has 1 aromatic heterocycles. The van der Waals surface area contributed by atoms with Crippen LogP contribution < -0.4 is 15.5 Å². The number of thiazole rings is 1. The normalized spacial score (nSPS) is 19.1. The Morgan fingerprint density at radius 2 is 2.13 bits per heavy atom. The van der Waals surface area contributed by atoms with Crippen molar-refractivity contribution in [3.8, 4) is 11.3 Å². The first-order valence-corrected chi connectivity index (χ1v) is 11.2. The maximum Gasteiger partial charge on any atom is 0.408 e. The molecule has 1 fully saturated rings. The lowest BCUT2D eigenvalue weighted by Gasteiger charge is -2.36. The highest BCUT2D eigenvalue weighted by atomic mass is 32.1. The van der Waals surface area contributed by atoms with Gasteiger partial charge in [0, 0.05) is 29.7 Å². The fourth-order valence-electron chi connectivity index (χ4n) is 3.32. The molecule has 0 radical (unpaired) electrons. The Hall–Kier alpha value is -2.65. The molecule has 31 heavy (non-hydrogen) atoms. The number of carbonyl (C=O) groups excluding carboxylic acids is 2. The average molecular weight is 447 g/mol. The fourth-order valence-corrected chi connectivity index (χ4v) is 4.06. The summed E-state index contributed by atoms with van der Waals surface area (Å²) >= 11 is 1.33. The number of hydrogen-bond donors (Lipinski definition) is 3. The van der Waals surface area contributed by atoms with Crippen molar-refractivity contribution in [2.75, 3.05) is 29.9 Å². The van der Waals surface area contributed by atoms with E-state index in [4.69, 9.17) is 4.74 Å². The van der Waals surface area contributed by atoms with Crippen LogP contribution in [0.1, 0.15) is 34.1 Å². The molecular formula is C22H30N4O4S. The summed E-state index contributed by atoms with van der Waals surface area (Å²) in [5, 5.41) is 17.4. The summed E-state index contributed by atoms with van der Waals surface area (Å²) in [6.45, 7) is 8.77. The molecule has 3 rings (SSSR count). The van der Waals surface area contributed by atoms with Crippen molar-refractivity contribution >= 4 is 34.2 Å². The van der Waals surface area contributed by atoms with Gasteiger partial charge in [-0.3, -0.25) is 4.79 Å². The Morgan fingerprint density at radius 3 is 2.84 bits per heavy atom. The third kappa shape index (κ3) is 6.67. The monoisotopic (exact) mass is 446 g/mol. The fraction of sp³-hybridized carbons (Fsp3) is 0.500. The summed E-state index contributed by atoms with van der Waals surface area (Å²) in [5.74, 6) is -0.144. The minimum Gasteiger partial charge on any atom is -0.444 e. The van der Waals surface area contributed by atoms with Gasteiger partial charge < -0.3 is 25.4 Å². The van der Waals surface area contributed by atoms with E-state index in [9.17, 15) is 14.7 Å².